The number of nitrogens with two attached hydrogens (primary N) is 1. The van der Waals surface area contributed by atoms with Crippen LogP contribution < -0.4 is 10.5 Å². The van der Waals surface area contributed by atoms with E-state index in [-0.39, 0.29) is 4.90 Å². The molecule has 0 aromatic heterocycles. The number of benzene rings is 2. The molecule has 0 bridgehead atoms. The number of halogens is 1. The first-order chi connectivity index (χ1) is 9.42. The minimum atomic E-state index is -3.58. The Labute approximate surface area is 127 Å². The van der Waals surface area contributed by atoms with Crippen LogP contribution in [-0.4, -0.2) is 8.42 Å². The van der Waals surface area contributed by atoms with Gasteiger partial charge in [-0.25, -0.2) is 8.42 Å². The molecule has 0 saturated heterocycles. The van der Waals surface area contributed by atoms with Crippen LogP contribution in [0.3, 0.4) is 0 Å². The summed E-state index contributed by atoms with van der Waals surface area (Å²) in [5, 5.41) is 0. The fourth-order valence-electron chi connectivity index (χ4n) is 1.68. The molecule has 0 radical (unpaired) electrons. The van der Waals surface area contributed by atoms with Crippen LogP contribution in [0.2, 0.25) is 0 Å². The van der Waals surface area contributed by atoms with Gasteiger partial charge in [0.1, 0.15) is 0 Å². The van der Waals surface area contributed by atoms with Crippen LogP contribution in [0.1, 0.15) is 11.1 Å². The van der Waals surface area contributed by atoms with Gasteiger partial charge in [0, 0.05) is 16.7 Å². The maximum absolute atomic E-state index is 12.2. The van der Waals surface area contributed by atoms with E-state index in [4.69, 9.17) is 5.73 Å². The smallest absolute Gasteiger partial charge is 0.261 e. The summed E-state index contributed by atoms with van der Waals surface area (Å²) in [5.74, 6) is 0. The van der Waals surface area contributed by atoms with E-state index in [2.05, 4.69) is 20.7 Å². The molecule has 0 unspecified atom stereocenters. The summed E-state index contributed by atoms with van der Waals surface area (Å²) < 4.78 is 27.9. The number of aryl methyl sites for hydroxylation is 1. The Balaban J connectivity index is 2.27. The first-order valence-corrected chi connectivity index (χ1v) is 8.28. The largest absolute Gasteiger partial charge is 0.326 e. The van der Waals surface area contributed by atoms with Crippen LogP contribution in [0.4, 0.5) is 5.69 Å². The van der Waals surface area contributed by atoms with E-state index >= 15 is 0 Å². The lowest BCUT2D eigenvalue weighted by molar-refractivity contribution is 0.601. The first-order valence-electron chi connectivity index (χ1n) is 6.00. The molecule has 20 heavy (non-hydrogen) atoms. The van der Waals surface area contributed by atoms with Crippen molar-refractivity contribution < 1.29 is 8.42 Å². The third-order valence-corrected chi connectivity index (χ3v) is 5.14. The van der Waals surface area contributed by atoms with Gasteiger partial charge in [-0.1, -0.05) is 34.1 Å². The Kier molecular flexibility index (Phi) is 4.47. The van der Waals surface area contributed by atoms with Crippen LogP contribution in [0, 0.1) is 6.92 Å². The van der Waals surface area contributed by atoms with E-state index < -0.39 is 10.0 Å². The Morgan fingerprint density at radius 3 is 2.35 bits per heavy atom. The van der Waals surface area contributed by atoms with Crippen molar-refractivity contribution in [3.63, 3.8) is 0 Å². The van der Waals surface area contributed by atoms with Crippen molar-refractivity contribution in [3.05, 3.63) is 58.1 Å². The molecule has 0 aliphatic rings. The van der Waals surface area contributed by atoms with E-state index in [1.54, 1.807) is 36.4 Å². The molecule has 0 saturated carbocycles. The second-order valence-corrected chi connectivity index (χ2v) is 6.95. The predicted molar refractivity (Wildman–Crippen MR) is 84.0 cm³/mol. The quantitative estimate of drug-likeness (QED) is 0.886. The Hall–Kier alpha value is -1.37. The highest BCUT2D eigenvalue weighted by Gasteiger charge is 2.14. The van der Waals surface area contributed by atoms with Gasteiger partial charge in [0.25, 0.3) is 10.0 Å². The third kappa shape index (κ3) is 3.39. The molecule has 2 aromatic rings. The molecule has 2 rings (SSSR count). The maximum atomic E-state index is 12.2. The monoisotopic (exact) mass is 354 g/mol. The molecule has 0 spiro atoms. The van der Waals surface area contributed by atoms with Crippen molar-refractivity contribution >= 4 is 31.6 Å². The van der Waals surface area contributed by atoms with E-state index in [0.29, 0.717) is 12.2 Å². The normalized spacial score (nSPS) is 11.3. The molecule has 3 N–H and O–H groups in total. The summed E-state index contributed by atoms with van der Waals surface area (Å²) in [6.45, 7) is 2.33. The molecule has 0 heterocycles. The molecule has 0 aliphatic carbocycles. The van der Waals surface area contributed by atoms with Crippen molar-refractivity contribution in [2.45, 2.75) is 18.4 Å². The third-order valence-electron chi connectivity index (χ3n) is 2.89. The topological polar surface area (TPSA) is 72.2 Å². The number of rotatable bonds is 4. The summed E-state index contributed by atoms with van der Waals surface area (Å²) in [4.78, 5) is 0.214. The molecule has 2 aromatic carbocycles. The van der Waals surface area contributed by atoms with E-state index in [0.717, 1.165) is 15.6 Å². The zero-order valence-electron chi connectivity index (χ0n) is 10.9. The van der Waals surface area contributed by atoms with Crippen LogP contribution in [-0.2, 0) is 16.6 Å². The first kappa shape index (κ1) is 15.0. The van der Waals surface area contributed by atoms with Gasteiger partial charge in [-0.2, -0.15) is 0 Å². The zero-order valence-corrected chi connectivity index (χ0v) is 13.3. The van der Waals surface area contributed by atoms with Gasteiger partial charge in [-0.15, -0.1) is 0 Å². The highest BCUT2D eigenvalue weighted by molar-refractivity contribution is 9.10. The average Bonchev–Trinajstić information content (AvgIpc) is 2.43. The summed E-state index contributed by atoms with van der Waals surface area (Å²) in [6, 6.07) is 11.8. The lowest BCUT2D eigenvalue weighted by atomic mass is 10.2. The highest BCUT2D eigenvalue weighted by atomic mass is 79.9. The molecule has 0 amide bonds. The van der Waals surface area contributed by atoms with Gasteiger partial charge in [0.05, 0.1) is 4.90 Å². The van der Waals surface area contributed by atoms with Gasteiger partial charge in [-0.05, 0) is 42.3 Å². The molecule has 0 atom stereocenters. The van der Waals surface area contributed by atoms with Gasteiger partial charge in [0.15, 0.2) is 0 Å². The summed E-state index contributed by atoms with van der Waals surface area (Å²) >= 11 is 3.38. The van der Waals surface area contributed by atoms with Crippen LogP contribution in [0.15, 0.2) is 51.8 Å². The average molecular weight is 355 g/mol. The van der Waals surface area contributed by atoms with Gasteiger partial charge in [0.2, 0.25) is 0 Å². The molecule has 6 heteroatoms. The highest BCUT2D eigenvalue weighted by Crippen LogP contribution is 2.23. The Morgan fingerprint density at radius 1 is 1.15 bits per heavy atom. The van der Waals surface area contributed by atoms with Crippen molar-refractivity contribution in [1.82, 2.24) is 0 Å². The fraction of sp³-hybridized carbons (Fsp3) is 0.143. The van der Waals surface area contributed by atoms with E-state index in [1.165, 1.54) is 0 Å². The molecule has 4 nitrogen and oxygen atoms in total. The summed E-state index contributed by atoms with van der Waals surface area (Å²) in [7, 11) is -3.58. The van der Waals surface area contributed by atoms with Gasteiger partial charge in [-0.3, -0.25) is 4.72 Å². The Bertz CT molecular complexity index is 712. The predicted octanol–water partition coefficient (Wildman–Crippen LogP) is 3.02. The minimum Gasteiger partial charge on any atom is -0.326 e. The number of anilines is 1. The molecule has 0 aliphatic heterocycles. The molecule has 0 fully saturated rings. The molecular weight excluding hydrogens is 340 g/mol. The van der Waals surface area contributed by atoms with Gasteiger partial charge < -0.3 is 5.73 Å². The Morgan fingerprint density at radius 2 is 1.80 bits per heavy atom. The molecular formula is C14H15BrN2O2S. The lowest BCUT2D eigenvalue weighted by Gasteiger charge is -2.09. The second-order valence-electron chi connectivity index (χ2n) is 4.42. The molecule has 106 valence electrons. The number of hydrogen-bond acceptors (Lipinski definition) is 3. The fourth-order valence-corrected chi connectivity index (χ4v) is 3.10. The van der Waals surface area contributed by atoms with Crippen LogP contribution in [0.25, 0.3) is 0 Å². The van der Waals surface area contributed by atoms with Crippen LogP contribution in [0.5, 0.6) is 0 Å². The van der Waals surface area contributed by atoms with Crippen molar-refractivity contribution in [3.8, 4) is 0 Å². The van der Waals surface area contributed by atoms with Crippen molar-refractivity contribution in [1.29, 1.82) is 0 Å². The SMILES string of the molecule is Cc1ccc(NS(=O)(=O)c2ccc(CN)cc2)cc1Br. The number of sulfonamides is 1. The second kappa shape index (κ2) is 5.95. The number of nitrogens with one attached hydrogen (secondary N) is 1. The van der Waals surface area contributed by atoms with Crippen molar-refractivity contribution in [2.24, 2.45) is 5.73 Å². The van der Waals surface area contributed by atoms with E-state index in [1.807, 2.05) is 13.0 Å². The minimum absolute atomic E-state index is 0.214. The summed E-state index contributed by atoms with van der Waals surface area (Å²) in [6.07, 6.45) is 0. The van der Waals surface area contributed by atoms with E-state index in [9.17, 15) is 8.42 Å². The summed E-state index contributed by atoms with van der Waals surface area (Å²) in [5.41, 5.74) is 7.94. The van der Waals surface area contributed by atoms with Crippen molar-refractivity contribution in [2.75, 3.05) is 4.72 Å². The van der Waals surface area contributed by atoms with Gasteiger partial charge >= 0.3 is 0 Å². The standard InChI is InChI=1S/C14H15BrN2O2S/c1-10-2-5-12(8-14(10)15)17-20(18,19)13-6-3-11(9-16)4-7-13/h2-8,17H,9,16H2,1H3. The number of hydrogen-bond donors (Lipinski definition) is 2. The zero-order chi connectivity index (χ0) is 14.8. The lowest BCUT2D eigenvalue weighted by Crippen LogP contribution is -2.13. The maximum Gasteiger partial charge on any atom is 0.261 e. The van der Waals surface area contributed by atoms with Crippen LogP contribution >= 0.6 is 15.9 Å².